The summed E-state index contributed by atoms with van der Waals surface area (Å²) >= 11 is 0. The fourth-order valence-corrected chi connectivity index (χ4v) is 3.98. The van der Waals surface area contributed by atoms with Gasteiger partial charge in [0.2, 0.25) is 5.91 Å². The van der Waals surface area contributed by atoms with Crippen LogP contribution in [-0.2, 0) is 9.59 Å². The highest BCUT2D eigenvalue weighted by molar-refractivity contribution is 6.04. The van der Waals surface area contributed by atoms with Gasteiger partial charge in [-0.3, -0.25) is 14.5 Å². The minimum Gasteiger partial charge on any atom is -0.342 e. The summed E-state index contributed by atoms with van der Waals surface area (Å²) in [6.45, 7) is 8.38. The lowest BCUT2D eigenvalue weighted by atomic mass is 9.91. The molecule has 4 amide bonds. The molecule has 3 aliphatic heterocycles. The Morgan fingerprint density at radius 2 is 1.83 bits per heavy atom. The minimum absolute atomic E-state index is 0.0354. The van der Waals surface area contributed by atoms with Crippen LogP contribution in [0.2, 0.25) is 0 Å². The van der Waals surface area contributed by atoms with Gasteiger partial charge in [-0.15, -0.1) is 0 Å². The van der Waals surface area contributed by atoms with Crippen molar-refractivity contribution in [1.29, 1.82) is 0 Å². The fourth-order valence-electron chi connectivity index (χ4n) is 3.98. The third-order valence-corrected chi connectivity index (χ3v) is 5.17. The molecule has 0 saturated carbocycles. The van der Waals surface area contributed by atoms with Crippen LogP contribution in [0.1, 0.15) is 46.5 Å². The van der Waals surface area contributed by atoms with Crippen LogP contribution in [0, 0.1) is 11.3 Å². The zero-order chi connectivity index (χ0) is 16.8. The van der Waals surface area contributed by atoms with Crippen LogP contribution in [0.5, 0.6) is 0 Å². The molecule has 3 fully saturated rings. The second kappa shape index (κ2) is 5.80. The van der Waals surface area contributed by atoms with Crippen LogP contribution in [-0.4, -0.2) is 64.8 Å². The van der Waals surface area contributed by atoms with Gasteiger partial charge in [0.15, 0.2) is 0 Å². The van der Waals surface area contributed by atoms with E-state index in [1.165, 1.54) is 4.90 Å². The zero-order valence-electron chi connectivity index (χ0n) is 14.4. The first kappa shape index (κ1) is 16.3. The summed E-state index contributed by atoms with van der Waals surface area (Å²) in [7, 11) is 0. The van der Waals surface area contributed by atoms with Gasteiger partial charge in [0.25, 0.3) is 5.91 Å². The van der Waals surface area contributed by atoms with Gasteiger partial charge < -0.3 is 9.80 Å². The van der Waals surface area contributed by atoms with Crippen LogP contribution in [0.15, 0.2) is 0 Å². The highest BCUT2D eigenvalue weighted by atomic mass is 16.2. The smallest absolute Gasteiger partial charge is 0.327 e. The first-order chi connectivity index (χ1) is 10.8. The Labute approximate surface area is 137 Å². The molecule has 0 aromatic heterocycles. The van der Waals surface area contributed by atoms with Gasteiger partial charge in [-0.05, 0) is 31.6 Å². The molecule has 0 N–H and O–H groups in total. The summed E-state index contributed by atoms with van der Waals surface area (Å²) in [5, 5.41) is 0. The predicted octanol–water partition coefficient (Wildman–Crippen LogP) is 1.70. The molecular weight excluding hydrogens is 294 g/mol. The van der Waals surface area contributed by atoms with Gasteiger partial charge in [0.05, 0.1) is 0 Å². The number of nitrogens with zero attached hydrogens (tertiary/aromatic N) is 3. The number of imide groups is 1. The SMILES string of the molecule is CC(C)(C)C(=O)N1CCC[C@@H](CN2C(=O)[C@H]3CCCN3C2=O)C1. The van der Waals surface area contributed by atoms with Crippen LogP contribution in [0.25, 0.3) is 0 Å². The van der Waals surface area contributed by atoms with E-state index < -0.39 is 0 Å². The summed E-state index contributed by atoms with van der Waals surface area (Å²) < 4.78 is 0. The normalized spacial score (nSPS) is 28.6. The number of amides is 4. The standard InChI is InChI=1S/C17H27N3O3/c1-17(2,3)15(22)18-8-4-6-12(10-18)11-20-14(21)13-7-5-9-19(13)16(20)23/h12-13H,4-11H2,1-3H3/t12-,13-/m1/s1. The minimum atomic E-state index is -0.385. The molecule has 2 atom stereocenters. The van der Waals surface area contributed by atoms with E-state index in [4.69, 9.17) is 0 Å². The number of piperidine rings is 1. The number of hydrogen-bond acceptors (Lipinski definition) is 3. The quantitative estimate of drug-likeness (QED) is 0.727. The summed E-state index contributed by atoms with van der Waals surface area (Å²) in [6.07, 6.45) is 3.62. The second-order valence-electron chi connectivity index (χ2n) is 8.09. The maximum atomic E-state index is 12.5. The Bertz CT molecular complexity index is 504. The molecule has 23 heavy (non-hydrogen) atoms. The monoisotopic (exact) mass is 321 g/mol. The molecule has 0 radical (unpaired) electrons. The summed E-state index contributed by atoms with van der Waals surface area (Å²) in [6, 6.07) is -0.352. The van der Waals surface area contributed by atoms with E-state index in [2.05, 4.69) is 0 Å². The van der Waals surface area contributed by atoms with Gasteiger partial charge in [-0.1, -0.05) is 20.8 Å². The third-order valence-electron chi connectivity index (χ3n) is 5.17. The topological polar surface area (TPSA) is 60.9 Å². The lowest BCUT2D eigenvalue weighted by molar-refractivity contribution is -0.141. The van der Waals surface area contributed by atoms with Crippen molar-refractivity contribution in [3.05, 3.63) is 0 Å². The van der Waals surface area contributed by atoms with E-state index in [9.17, 15) is 14.4 Å². The Morgan fingerprint density at radius 3 is 2.48 bits per heavy atom. The maximum Gasteiger partial charge on any atom is 0.327 e. The largest absolute Gasteiger partial charge is 0.342 e. The first-order valence-electron chi connectivity index (χ1n) is 8.70. The number of carbonyl (C=O) groups is 3. The molecule has 0 aromatic rings. The molecule has 3 heterocycles. The number of fused-ring (bicyclic) bond motifs is 1. The van der Waals surface area contributed by atoms with E-state index in [0.717, 1.165) is 32.2 Å². The third kappa shape index (κ3) is 2.95. The van der Waals surface area contributed by atoms with Crippen molar-refractivity contribution in [1.82, 2.24) is 14.7 Å². The van der Waals surface area contributed by atoms with E-state index in [0.29, 0.717) is 19.6 Å². The van der Waals surface area contributed by atoms with Crippen molar-refractivity contribution < 1.29 is 14.4 Å². The van der Waals surface area contributed by atoms with Crippen molar-refractivity contribution in [2.24, 2.45) is 11.3 Å². The van der Waals surface area contributed by atoms with Crippen LogP contribution >= 0.6 is 0 Å². The Hall–Kier alpha value is -1.59. The average Bonchev–Trinajstić information content (AvgIpc) is 3.06. The van der Waals surface area contributed by atoms with Gasteiger partial charge in [-0.2, -0.15) is 0 Å². The van der Waals surface area contributed by atoms with Crippen molar-refractivity contribution in [3.8, 4) is 0 Å². The van der Waals surface area contributed by atoms with Gasteiger partial charge in [0, 0.05) is 31.6 Å². The molecule has 0 spiro atoms. The van der Waals surface area contributed by atoms with Crippen LogP contribution in [0.4, 0.5) is 4.79 Å². The summed E-state index contributed by atoms with van der Waals surface area (Å²) in [4.78, 5) is 42.3. The fraction of sp³-hybridized carbons (Fsp3) is 0.824. The van der Waals surface area contributed by atoms with Gasteiger partial charge in [0.1, 0.15) is 6.04 Å². The number of likely N-dealkylation sites (tertiary alicyclic amines) is 1. The van der Waals surface area contributed by atoms with E-state index in [1.807, 2.05) is 25.7 Å². The number of rotatable bonds is 2. The average molecular weight is 321 g/mol. The molecule has 6 nitrogen and oxygen atoms in total. The van der Waals surface area contributed by atoms with Crippen LogP contribution < -0.4 is 0 Å². The first-order valence-corrected chi connectivity index (χ1v) is 8.70. The number of urea groups is 1. The molecule has 128 valence electrons. The zero-order valence-corrected chi connectivity index (χ0v) is 14.4. The lowest BCUT2D eigenvalue weighted by Crippen LogP contribution is -2.48. The molecule has 0 bridgehead atoms. The Morgan fingerprint density at radius 1 is 1.13 bits per heavy atom. The Balaban J connectivity index is 1.63. The van der Waals surface area contributed by atoms with Crippen molar-refractivity contribution in [2.75, 3.05) is 26.2 Å². The summed E-state index contributed by atoms with van der Waals surface area (Å²) in [5.74, 6) is 0.316. The molecule has 3 aliphatic rings. The van der Waals surface area contributed by atoms with Crippen molar-refractivity contribution >= 4 is 17.8 Å². The van der Waals surface area contributed by atoms with E-state index in [1.54, 1.807) is 4.90 Å². The highest BCUT2D eigenvalue weighted by Crippen LogP contribution is 2.30. The molecule has 0 unspecified atom stereocenters. The molecule has 6 heteroatoms. The lowest BCUT2D eigenvalue weighted by Gasteiger charge is -2.37. The number of hydrogen-bond donors (Lipinski definition) is 0. The predicted molar refractivity (Wildman–Crippen MR) is 85.6 cm³/mol. The van der Waals surface area contributed by atoms with Crippen molar-refractivity contribution in [2.45, 2.75) is 52.5 Å². The molecular formula is C17H27N3O3. The second-order valence-corrected chi connectivity index (χ2v) is 8.09. The Kier molecular flexibility index (Phi) is 4.10. The molecule has 0 aromatic carbocycles. The molecule has 3 saturated heterocycles. The summed E-state index contributed by atoms with van der Waals surface area (Å²) in [5.41, 5.74) is -0.385. The highest BCUT2D eigenvalue weighted by Gasteiger charge is 2.48. The maximum absolute atomic E-state index is 12.5. The van der Waals surface area contributed by atoms with Gasteiger partial charge >= 0.3 is 6.03 Å². The van der Waals surface area contributed by atoms with Crippen LogP contribution in [0.3, 0.4) is 0 Å². The molecule has 0 aliphatic carbocycles. The van der Waals surface area contributed by atoms with E-state index >= 15 is 0 Å². The number of carbonyl (C=O) groups excluding carboxylic acids is 3. The van der Waals surface area contributed by atoms with E-state index in [-0.39, 0.29) is 35.2 Å². The van der Waals surface area contributed by atoms with Gasteiger partial charge in [-0.25, -0.2) is 4.79 Å². The van der Waals surface area contributed by atoms with Crippen molar-refractivity contribution in [3.63, 3.8) is 0 Å². The molecule has 3 rings (SSSR count).